The lowest BCUT2D eigenvalue weighted by atomic mass is 10.1. The maximum Gasteiger partial charge on any atom is 0.229 e. The van der Waals surface area contributed by atoms with Crippen molar-refractivity contribution < 1.29 is 9.90 Å². The second-order valence-electron chi connectivity index (χ2n) is 4.58. The molecule has 0 atom stereocenters. The monoisotopic (exact) mass is 280 g/mol. The molecule has 1 aromatic heterocycles. The van der Waals surface area contributed by atoms with E-state index in [1.807, 2.05) is 31.2 Å². The van der Waals surface area contributed by atoms with E-state index in [1.54, 1.807) is 18.2 Å². The van der Waals surface area contributed by atoms with Gasteiger partial charge in [0.2, 0.25) is 5.91 Å². The normalized spacial score (nSPS) is 9.62. The molecule has 0 aliphatic carbocycles. The molecule has 0 fully saturated rings. The van der Waals surface area contributed by atoms with Gasteiger partial charge in [-0.15, -0.1) is 0 Å². The number of aromatic nitrogens is 1. The summed E-state index contributed by atoms with van der Waals surface area (Å²) in [5, 5.41) is 11.4. The highest BCUT2D eigenvalue weighted by molar-refractivity contribution is 5.91. The topological polar surface area (TPSA) is 62.2 Å². The van der Waals surface area contributed by atoms with E-state index in [2.05, 4.69) is 22.1 Å². The fraction of sp³-hybridized carbons (Fsp3) is 0.176. The summed E-state index contributed by atoms with van der Waals surface area (Å²) in [7, 11) is 0. The van der Waals surface area contributed by atoms with Crippen LogP contribution in [0.15, 0.2) is 42.5 Å². The molecule has 0 unspecified atom stereocenters. The Balaban J connectivity index is 2.02. The Morgan fingerprint density at radius 2 is 2.10 bits per heavy atom. The molecular weight excluding hydrogens is 264 g/mol. The zero-order chi connectivity index (χ0) is 15.1. The molecule has 1 heterocycles. The van der Waals surface area contributed by atoms with Gasteiger partial charge in [-0.05, 0) is 30.5 Å². The van der Waals surface area contributed by atoms with Crippen molar-refractivity contribution in [3.63, 3.8) is 0 Å². The van der Waals surface area contributed by atoms with Crippen LogP contribution in [-0.4, -0.2) is 22.6 Å². The summed E-state index contributed by atoms with van der Waals surface area (Å²) in [6.45, 7) is 1.78. The Bertz CT molecular complexity index is 699. The molecule has 4 heteroatoms. The van der Waals surface area contributed by atoms with Crippen LogP contribution in [0.5, 0.6) is 0 Å². The minimum Gasteiger partial charge on any atom is -0.384 e. The SMILES string of the molecule is Cc1cccc(CC(=O)Nc2cccc(C#CCO)n2)c1. The lowest BCUT2D eigenvalue weighted by molar-refractivity contribution is -0.115. The molecule has 0 bridgehead atoms. The van der Waals surface area contributed by atoms with Crippen LogP contribution in [0.25, 0.3) is 0 Å². The van der Waals surface area contributed by atoms with Crippen molar-refractivity contribution in [3.05, 3.63) is 59.3 Å². The van der Waals surface area contributed by atoms with E-state index in [4.69, 9.17) is 5.11 Å². The van der Waals surface area contributed by atoms with Crippen LogP contribution in [0.2, 0.25) is 0 Å². The van der Waals surface area contributed by atoms with Crippen LogP contribution in [0.3, 0.4) is 0 Å². The van der Waals surface area contributed by atoms with Gasteiger partial charge in [0.25, 0.3) is 0 Å². The van der Waals surface area contributed by atoms with Crippen molar-refractivity contribution in [2.75, 3.05) is 11.9 Å². The van der Waals surface area contributed by atoms with E-state index >= 15 is 0 Å². The van der Waals surface area contributed by atoms with Crippen molar-refractivity contribution >= 4 is 11.7 Å². The fourth-order valence-corrected chi connectivity index (χ4v) is 1.90. The third-order valence-corrected chi connectivity index (χ3v) is 2.76. The average Bonchev–Trinajstić information content (AvgIpc) is 2.45. The zero-order valence-corrected chi connectivity index (χ0v) is 11.8. The molecule has 0 aliphatic heterocycles. The highest BCUT2D eigenvalue weighted by Crippen LogP contribution is 2.08. The molecule has 2 N–H and O–H groups in total. The molecule has 1 amide bonds. The molecule has 0 radical (unpaired) electrons. The first-order valence-electron chi connectivity index (χ1n) is 6.59. The van der Waals surface area contributed by atoms with Crippen LogP contribution >= 0.6 is 0 Å². The molecule has 2 rings (SSSR count). The standard InChI is InChI=1S/C17H16N2O2/c1-13-5-2-6-14(11-13)12-17(21)19-16-9-3-7-15(18-16)8-4-10-20/h2-3,5-7,9,11,20H,10,12H2,1H3,(H,18,19,21). The number of hydrogen-bond acceptors (Lipinski definition) is 3. The number of nitrogens with one attached hydrogen (secondary N) is 1. The van der Waals surface area contributed by atoms with Crippen molar-refractivity contribution in [1.29, 1.82) is 0 Å². The summed E-state index contributed by atoms with van der Waals surface area (Å²) >= 11 is 0. The van der Waals surface area contributed by atoms with Crippen molar-refractivity contribution in [2.45, 2.75) is 13.3 Å². The first-order chi connectivity index (χ1) is 10.2. The third-order valence-electron chi connectivity index (χ3n) is 2.76. The predicted molar refractivity (Wildman–Crippen MR) is 81.7 cm³/mol. The van der Waals surface area contributed by atoms with Crippen LogP contribution in [-0.2, 0) is 11.2 Å². The van der Waals surface area contributed by atoms with Gasteiger partial charge in [-0.2, -0.15) is 0 Å². The van der Waals surface area contributed by atoms with Gasteiger partial charge in [-0.1, -0.05) is 41.8 Å². The Kier molecular flexibility index (Phi) is 5.08. The summed E-state index contributed by atoms with van der Waals surface area (Å²) in [5.74, 6) is 5.56. The number of aliphatic hydroxyl groups excluding tert-OH is 1. The Morgan fingerprint density at radius 3 is 2.86 bits per heavy atom. The number of carbonyl (C=O) groups excluding carboxylic acids is 1. The van der Waals surface area contributed by atoms with Crippen molar-refractivity contribution in [3.8, 4) is 11.8 Å². The van der Waals surface area contributed by atoms with E-state index in [1.165, 1.54) is 0 Å². The van der Waals surface area contributed by atoms with Gasteiger partial charge in [-0.3, -0.25) is 4.79 Å². The number of nitrogens with zero attached hydrogens (tertiary/aromatic N) is 1. The predicted octanol–water partition coefficient (Wildman–Crippen LogP) is 1.92. The number of hydrogen-bond donors (Lipinski definition) is 2. The summed E-state index contributed by atoms with van der Waals surface area (Å²) in [6.07, 6.45) is 0.301. The van der Waals surface area contributed by atoms with Gasteiger partial charge in [0.05, 0.1) is 6.42 Å². The highest BCUT2D eigenvalue weighted by Gasteiger charge is 2.05. The molecule has 4 nitrogen and oxygen atoms in total. The third kappa shape index (κ3) is 4.75. The molecule has 0 saturated heterocycles. The maximum absolute atomic E-state index is 12.0. The van der Waals surface area contributed by atoms with Crippen LogP contribution < -0.4 is 5.32 Å². The second-order valence-corrected chi connectivity index (χ2v) is 4.58. The molecular formula is C17H16N2O2. The number of aliphatic hydroxyl groups is 1. The molecule has 106 valence electrons. The summed E-state index contributed by atoms with van der Waals surface area (Å²) < 4.78 is 0. The maximum atomic E-state index is 12.0. The summed E-state index contributed by atoms with van der Waals surface area (Å²) in [4.78, 5) is 16.2. The van der Waals surface area contributed by atoms with E-state index in [-0.39, 0.29) is 12.5 Å². The van der Waals surface area contributed by atoms with Crippen molar-refractivity contribution in [1.82, 2.24) is 4.98 Å². The molecule has 2 aromatic rings. The van der Waals surface area contributed by atoms with Gasteiger partial charge in [-0.25, -0.2) is 4.98 Å². The minimum atomic E-state index is -0.217. The molecule has 0 spiro atoms. The number of aryl methyl sites for hydroxylation is 1. The first kappa shape index (κ1) is 14.8. The average molecular weight is 280 g/mol. The van der Waals surface area contributed by atoms with Crippen LogP contribution in [0.4, 0.5) is 5.82 Å². The zero-order valence-electron chi connectivity index (χ0n) is 11.8. The number of benzene rings is 1. The number of rotatable bonds is 3. The Labute approximate surface area is 123 Å². The first-order valence-corrected chi connectivity index (χ1v) is 6.59. The Morgan fingerprint density at radius 1 is 1.29 bits per heavy atom. The summed E-state index contributed by atoms with van der Waals surface area (Å²) in [6, 6.07) is 13.0. The van der Waals surface area contributed by atoms with E-state index < -0.39 is 0 Å². The van der Waals surface area contributed by atoms with Gasteiger partial charge in [0.15, 0.2) is 0 Å². The highest BCUT2D eigenvalue weighted by atomic mass is 16.2. The number of carbonyl (C=O) groups is 1. The minimum absolute atomic E-state index is 0.125. The van der Waals surface area contributed by atoms with Gasteiger partial charge >= 0.3 is 0 Å². The lowest BCUT2D eigenvalue weighted by Crippen LogP contribution is -2.15. The quantitative estimate of drug-likeness (QED) is 0.844. The van der Waals surface area contributed by atoms with Crippen LogP contribution in [0, 0.1) is 18.8 Å². The number of anilines is 1. The van der Waals surface area contributed by atoms with Gasteiger partial charge in [0.1, 0.15) is 18.1 Å². The number of pyridine rings is 1. The van der Waals surface area contributed by atoms with Gasteiger partial charge in [0, 0.05) is 0 Å². The Hall–Kier alpha value is -2.64. The largest absolute Gasteiger partial charge is 0.384 e. The van der Waals surface area contributed by atoms with Gasteiger partial charge < -0.3 is 10.4 Å². The van der Waals surface area contributed by atoms with E-state index in [0.717, 1.165) is 11.1 Å². The molecule has 0 saturated carbocycles. The van der Waals surface area contributed by atoms with E-state index in [0.29, 0.717) is 17.9 Å². The van der Waals surface area contributed by atoms with E-state index in [9.17, 15) is 4.79 Å². The molecule has 0 aliphatic rings. The molecule has 1 aromatic carbocycles. The lowest BCUT2D eigenvalue weighted by Gasteiger charge is -2.05. The van der Waals surface area contributed by atoms with Crippen LogP contribution in [0.1, 0.15) is 16.8 Å². The second kappa shape index (κ2) is 7.22. The molecule has 21 heavy (non-hydrogen) atoms. The smallest absolute Gasteiger partial charge is 0.229 e. The summed E-state index contributed by atoms with van der Waals surface area (Å²) in [5.41, 5.74) is 2.60. The fourth-order valence-electron chi connectivity index (χ4n) is 1.90. The van der Waals surface area contributed by atoms with Crippen molar-refractivity contribution in [2.24, 2.45) is 0 Å². The number of amides is 1.